The Morgan fingerprint density at radius 1 is 1.78 bits per heavy atom. The van der Waals surface area contributed by atoms with E-state index in [2.05, 4.69) is 26.7 Å². The first-order valence-electron chi connectivity index (χ1n) is 2.43. The van der Waals surface area contributed by atoms with Crippen LogP contribution in [0, 0.1) is 0 Å². The Kier molecular flexibility index (Phi) is 2.14. The monoisotopic (exact) mass is 142 g/mol. The van der Waals surface area contributed by atoms with E-state index in [9.17, 15) is 0 Å². The van der Waals surface area contributed by atoms with E-state index >= 15 is 0 Å². The molecule has 4 nitrogen and oxygen atoms in total. The number of aromatic nitrogens is 3. The lowest BCUT2D eigenvalue weighted by Crippen LogP contribution is -1.96. The first-order chi connectivity index (χ1) is 4.43. The molecule has 1 aromatic heterocycles. The van der Waals surface area contributed by atoms with Crippen LogP contribution >= 0.6 is 11.5 Å². The molecule has 0 spiro atoms. The van der Waals surface area contributed by atoms with Gasteiger partial charge in [-0.15, -0.1) is 6.58 Å². The van der Waals surface area contributed by atoms with Crippen LogP contribution in [0.5, 0.6) is 0 Å². The Labute approximate surface area is 56.8 Å². The summed E-state index contributed by atoms with van der Waals surface area (Å²) in [4.78, 5) is 0. The standard InChI is InChI=1S/C4H6N4S/c1-2-3-5-4-6-7-8-9-4/h2H,1,3H2,(H,5,6,8). The molecule has 0 amide bonds. The predicted octanol–water partition coefficient (Wildman–Crippen LogP) is 0.531. The van der Waals surface area contributed by atoms with E-state index < -0.39 is 0 Å². The van der Waals surface area contributed by atoms with Crippen LogP contribution in [0.3, 0.4) is 0 Å². The average molecular weight is 142 g/mol. The minimum atomic E-state index is 0.705. The number of hydrogen-bond donors (Lipinski definition) is 1. The molecule has 0 aliphatic rings. The van der Waals surface area contributed by atoms with E-state index in [1.54, 1.807) is 6.08 Å². The highest BCUT2D eigenvalue weighted by Crippen LogP contribution is 2.02. The molecule has 0 aliphatic heterocycles. The smallest absolute Gasteiger partial charge is 0.225 e. The van der Waals surface area contributed by atoms with Crippen LogP contribution in [0.1, 0.15) is 0 Å². The van der Waals surface area contributed by atoms with Crippen molar-refractivity contribution in [2.45, 2.75) is 0 Å². The minimum absolute atomic E-state index is 0.705. The summed E-state index contributed by atoms with van der Waals surface area (Å²) >= 11 is 1.23. The third-order valence-electron chi connectivity index (χ3n) is 0.697. The normalized spacial score (nSPS) is 8.89. The summed E-state index contributed by atoms with van der Waals surface area (Å²) < 4.78 is 3.56. The molecule has 0 saturated carbocycles. The molecular formula is C4H6N4S. The van der Waals surface area contributed by atoms with Gasteiger partial charge in [-0.25, -0.2) is 0 Å². The van der Waals surface area contributed by atoms with Crippen molar-refractivity contribution in [1.29, 1.82) is 0 Å². The summed E-state index contributed by atoms with van der Waals surface area (Å²) in [5.41, 5.74) is 0. The van der Waals surface area contributed by atoms with Crippen LogP contribution in [0.4, 0.5) is 5.13 Å². The van der Waals surface area contributed by atoms with Gasteiger partial charge >= 0.3 is 0 Å². The molecular weight excluding hydrogens is 136 g/mol. The van der Waals surface area contributed by atoms with Crippen molar-refractivity contribution in [3.8, 4) is 0 Å². The van der Waals surface area contributed by atoms with E-state index in [-0.39, 0.29) is 0 Å². The van der Waals surface area contributed by atoms with Crippen molar-refractivity contribution < 1.29 is 0 Å². The highest BCUT2D eigenvalue weighted by atomic mass is 32.1. The summed E-state index contributed by atoms with van der Waals surface area (Å²) in [5, 5.41) is 10.7. The summed E-state index contributed by atoms with van der Waals surface area (Å²) in [6, 6.07) is 0. The highest BCUT2D eigenvalue weighted by molar-refractivity contribution is 7.09. The molecule has 1 rings (SSSR count). The van der Waals surface area contributed by atoms with Crippen molar-refractivity contribution in [1.82, 2.24) is 14.8 Å². The molecule has 1 aromatic rings. The van der Waals surface area contributed by atoms with Crippen molar-refractivity contribution in [3.05, 3.63) is 12.7 Å². The number of rotatable bonds is 3. The molecule has 48 valence electrons. The summed E-state index contributed by atoms with van der Waals surface area (Å²) in [7, 11) is 0. The molecule has 0 aromatic carbocycles. The van der Waals surface area contributed by atoms with Crippen LogP contribution in [-0.4, -0.2) is 21.3 Å². The molecule has 0 fully saturated rings. The number of nitrogens with one attached hydrogen (secondary N) is 1. The molecule has 5 heteroatoms. The van der Waals surface area contributed by atoms with E-state index in [1.807, 2.05) is 0 Å². The predicted molar refractivity (Wildman–Crippen MR) is 36.4 cm³/mol. The van der Waals surface area contributed by atoms with Gasteiger partial charge in [-0.05, 0) is 5.21 Å². The zero-order chi connectivity index (χ0) is 6.53. The largest absolute Gasteiger partial charge is 0.355 e. The van der Waals surface area contributed by atoms with Crippen molar-refractivity contribution >= 4 is 16.7 Å². The second-order valence-corrected chi connectivity index (χ2v) is 2.07. The van der Waals surface area contributed by atoms with Crippen molar-refractivity contribution in [3.63, 3.8) is 0 Å². The van der Waals surface area contributed by atoms with Crippen LogP contribution < -0.4 is 5.32 Å². The lowest BCUT2D eigenvalue weighted by atomic mass is 10.6. The zero-order valence-corrected chi connectivity index (χ0v) is 5.56. The van der Waals surface area contributed by atoms with Crippen LogP contribution in [0.15, 0.2) is 12.7 Å². The number of hydrogen-bond acceptors (Lipinski definition) is 5. The summed E-state index contributed by atoms with van der Waals surface area (Å²) in [5.74, 6) is 0. The van der Waals surface area contributed by atoms with Gasteiger partial charge in [0.1, 0.15) is 0 Å². The molecule has 0 radical (unpaired) electrons. The second-order valence-electron chi connectivity index (χ2n) is 1.34. The molecule has 0 saturated heterocycles. The SMILES string of the molecule is C=CCNc1nnns1. The van der Waals surface area contributed by atoms with E-state index in [1.165, 1.54) is 11.5 Å². The maximum atomic E-state index is 3.65. The zero-order valence-electron chi connectivity index (χ0n) is 4.74. The van der Waals surface area contributed by atoms with Crippen molar-refractivity contribution in [2.75, 3.05) is 11.9 Å². The quantitative estimate of drug-likeness (QED) is 0.625. The average Bonchev–Trinajstić information content (AvgIpc) is 2.34. The van der Waals surface area contributed by atoms with E-state index in [4.69, 9.17) is 0 Å². The third-order valence-corrected chi connectivity index (χ3v) is 1.25. The van der Waals surface area contributed by atoms with Gasteiger partial charge in [0.05, 0.1) is 0 Å². The fourth-order valence-electron chi connectivity index (χ4n) is 0.361. The second kappa shape index (κ2) is 3.13. The molecule has 0 unspecified atom stereocenters. The first-order valence-corrected chi connectivity index (χ1v) is 3.20. The minimum Gasteiger partial charge on any atom is -0.355 e. The van der Waals surface area contributed by atoms with Gasteiger partial charge in [-0.3, -0.25) is 0 Å². The van der Waals surface area contributed by atoms with Gasteiger partial charge in [0.2, 0.25) is 5.13 Å². The Balaban J connectivity index is 2.38. The Hall–Kier alpha value is -0.970. The maximum Gasteiger partial charge on any atom is 0.225 e. The fourth-order valence-corrected chi connectivity index (χ4v) is 0.732. The molecule has 0 bridgehead atoms. The number of nitrogens with zero attached hydrogens (tertiary/aromatic N) is 3. The highest BCUT2D eigenvalue weighted by Gasteiger charge is 1.90. The van der Waals surface area contributed by atoms with E-state index in [0.717, 1.165) is 5.13 Å². The van der Waals surface area contributed by atoms with Crippen LogP contribution in [-0.2, 0) is 0 Å². The molecule has 1 heterocycles. The molecule has 1 N–H and O–H groups in total. The van der Waals surface area contributed by atoms with Crippen LogP contribution in [0.25, 0.3) is 0 Å². The Bertz CT molecular complexity index is 171. The van der Waals surface area contributed by atoms with Crippen molar-refractivity contribution in [2.24, 2.45) is 0 Å². The topological polar surface area (TPSA) is 50.7 Å². The van der Waals surface area contributed by atoms with Gasteiger partial charge in [-0.2, -0.15) is 0 Å². The number of anilines is 1. The molecule has 9 heavy (non-hydrogen) atoms. The maximum absolute atomic E-state index is 3.65. The summed E-state index contributed by atoms with van der Waals surface area (Å²) in [6.45, 7) is 4.24. The summed E-state index contributed by atoms with van der Waals surface area (Å²) in [6.07, 6.45) is 1.75. The van der Waals surface area contributed by atoms with Crippen LogP contribution in [0.2, 0.25) is 0 Å². The first kappa shape index (κ1) is 6.15. The molecule has 0 aliphatic carbocycles. The third kappa shape index (κ3) is 1.77. The van der Waals surface area contributed by atoms with Gasteiger partial charge in [0.25, 0.3) is 0 Å². The van der Waals surface area contributed by atoms with Gasteiger partial charge in [0, 0.05) is 18.1 Å². The lowest BCUT2D eigenvalue weighted by Gasteiger charge is -1.90. The molecule has 0 atom stereocenters. The fraction of sp³-hybridized carbons (Fsp3) is 0.250. The Morgan fingerprint density at radius 2 is 2.67 bits per heavy atom. The van der Waals surface area contributed by atoms with Gasteiger partial charge in [0.15, 0.2) is 0 Å². The van der Waals surface area contributed by atoms with Gasteiger partial charge < -0.3 is 5.32 Å². The Morgan fingerprint density at radius 3 is 3.22 bits per heavy atom. The lowest BCUT2D eigenvalue weighted by molar-refractivity contribution is 0.957. The van der Waals surface area contributed by atoms with E-state index in [0.29, 0.717) is 6.54 Å². The van der Waals surface area contributed by atoms with Gasteiger partial charge in [-0.1, -0.05) is 15.7 Å².